The Hall–Kier alpha value is 0.448. The zero-order valence-corrected chi connectivity index (χ0v) is 20.8. The summed E-state index contributed by atoms with van der Waals surface area (Å²) in [5.74, 6) is 0. The molecule has 1 aromatic rings. The number of hydrogen-bond acceptors (Lipinski definition) is 2. The van der Waals surface area contributed by atoms with Gasteiger partial charge in [-0.3, -0.25) is 0 Å². The second-order valence-electron chi connectivity index (χ2n) is 9.66. The molecule has 0 aromatic heterocycles. The molecule has 0 aliphatic heterocycles. The van der Waals surface area contributed by atoms with E-state index in [1.807, 2.05) is 36.4 Å². The molecule has 0 fully saturated rings. The molecule has 0 amide bonds. The third kappa shape index (κ3) is 4.75. The first-order valence-electron chi connectivity index (χ1n) is 8.29. The van der Waals surface area contributed by atoms with Crippen LogP contribution in [0.4, 0.5) is 0 Å². The van der Waals surface area contributed by atoms with Crippen molar-refractivity contribution in [3.05, 3.63) is 41.5 Å². The maximum atomic E-state index is 14.4. The monoisotopic (exact) mass is 426 g/mol. The molecule has 0 saturated heterocycles. The molecule has 1 atom stereocenters. The molecule has 0 radical (unpaired) electrons. The Morgan fingerprint density at radius 3 is 2.48 bits per heavy atom. The zero-order valence-electron chi connectivity index (χ0n) is 14.7. The molecular formula is C16H28Cl2O2Si2Ti. The minimum atomic E-state index is -5.87. The predicted octanol–water partition coefficient (Wildman–Crippen LogP) is 5.16. The van der Waals surface area contributed by atoms with Crippen molar-refractivity contribution >= 4 is 41.1 Å². The normalized spacial score (nSPS) is 22.9. The SMILES string of the molecule is C[Si](C)(C)OCC[CH2][Ti]([CH3])(=[O])([SiH3])([Cl])([Cl])[CH]1C=Cc2ccccc21. The summed E-state index contributed by atoms with van der Waals surface area (Å²) in [6, 6.07) is 7.94. The van der Waals surface area contributed by atoms with Gasteiger partial charge in [-0.2, -0.15) is 0 Å². The van der Waals surface area contributed by atoms with Gasteiger partial charge in [0.2, 0.25) is 0 Å². The summed E-state index contributed by atoms with van der Waals surface area (Å²) in [7, 11) is 6.87. The summed E-state index contributed by atoms with van der Waals surface area (Å²) in [5.41, 5.74) is 2.06. The molecule has 1 aromatic carbocycles. The first-order chi connectivity index (χ1) is 10.0. The molecule has 23 heavy (non-hydrogen) atoms. The van der Waals surface area contributed by atoms with Crippen LogP contribution < -0.4 is 0 Å². The van der Waals surface area contributed by atoms with Crippen LogP contribution in [0.2, 0.25) is 29.6 Å². The van der Waals surface area contributed by atoms with E-state index in [9.17, 15) is 3.32 Å². The molecule has 7 heteroatoms. The van der Waals surface area contributed by atoms with Gasteiger partial charge in [0.25, 0.3) is 0 Å². The van der Waals surface area contributed by atoms with Crippen LogP contribution >= 0.6 is 18.6 Å². The Bertz CT molecular complexity index is 769. The van der Waals surface area contributed by atoms with Crippen molar-refractivity contribution in [1.82, 2.24) is 0 Å². The number of fused-ring (bicyclic) bond motifs is 1. The van der Waals surface area contributed by atoms with Crippen molar-refractivity contribution in [2.45, 2.75) is 40.2 Å². The van der Waals surface area contributed by atoms with Crippen LogP contribution in [0.15, 0.2) is 30.3 Å². The van der Waals surface area contributed by atoms with E-state index in [1.54, 1.807) is 5.23 Å². The van der Waals surface area contributed by atoms with Crippen LogP contribution in [0.3, 0.4) is 0 Å². The van der Waals surface area contributed by atoms with Gasteiger partial charge in [-0.15, -0.1) is 0 Å². The quantitative estimate of drug-likeness (QED) is 0.463. The topological polar surface area (TPSA) is 26.3 Å². The van der Waals surface area contributed by atoms with Crippen molar-refractivity contribution < 1.29 is 17.6 Å². The van der Waals surface area contributed by atoms with E-state index in [2.05, 4.69) is 19.6 Å². The Morgan fingerprint density at radius 2 is 1.87 bits per heavy atom. The number of hydrogen-bond donors (Lipinski definition) is 0. The standard InChI is InChI=1S/C9H7.C6H15OSi.CH3.2ClH.O.H3Si.Ti/c1-2-5-9-7-3-6-8(9)4-1;1-5-6-7-8(2,3)4;;;;;;/h1-7H;1,5-6H2,2-4H3;1H3;2*1H;;1H3;/q;;;;;;;+2/p-2. The van der Waals surface area contributed by atoms with E-state index in [0.29, 0.717) is 17.8 Å². The molecule has 0 spiro atoms. The van der Waals surface area contributed by atoms with Crippen molar-refractivity contribution in [1.29, 1.82) is 0 Å². The Kier molecular flexibility index (Phi) is 4.11. The van der Waals surface area contributed by atoms with Gasteiger partial charge < -0.3 is 0 Å². The van der Waals surface area contributed by atoms with Gasteiger partial charge in [0.1, 0.15) is 0 Å². The molecule has 1 aliphatic rings. The second-order valence-corrected chi connectivity index (χ2v) is 63.1. The minimum absolute atomic E-state index is 0.251. The Labute approximate surface area is 146 Å². The van der Waals surface area contributed by atoms with E-state index < -0.39 is 22.4 Å². The summed E-state index contributed by atoms with van der Waals surface area (Å²) < 4.78 is 20.2. The van der Waals surface area contributed by atoms with Crippen LogP contribution in [0.1, 0.15) is 21.8 Å². The molecule has 1 unspecified atom stereocenters. The van der Waals surface area contributed by atoms with Crippen molar-refractivity contribution in [3.63, 3.8) is 0 Å². The fourth-order valence-corrected chi connectivity index (χ4v) is 16.8. The van der Waals surface area contributed by atoms with Gasteiger partial charge in [0, 0.05) is 0 Å². The van der Waals surface area contributed by atoms with Gasteiger partial charge in [0.15, 0.2) is 0 Å². The second kappa shape index (κ2) is 4.79. The number of benzene rings is 1. The molecule has 2 nitrogen and oxygen atoms in total. The van der Waals surface area contributed by atoms with Crippen LogP contribution in [-0.4, -0.2) is 23.0 Å². The van der Waals surface area contributed by atoms with Gasteiger partial charge in [-0.25, -0.2) is 0 Å². The van der Waals surface area contributed by atoms with Crippen LogP contribution in [0.5, 0.6) is 0 Å². The molecule has 1 aliphatic carbocycles. The third-order valence-corrected chi connectivity index (χ3v) is 22.0. The maximum absolute atomic E-state index is 14.4. The number of halogens is 2. The van der Waals surface area contributed by atoms with Crippen LogP contribution in [0.25, 0.3) is 6.08 Å². The van der Waals surface area contributed by atoms with E-state index in [4.69, 9.17) is 23.0 Å². The van der Waals surface area contributed by atoms with Crippen LogP contribution in [-0.2, 0) is 17.6 Å². The van der Waals surface area contributed by atoms with Crippen molar-refractivity contribution in [3.8, 4) is 0 Å². The third-order valence-electron chi connectivity index (χ3n) is 4.79. The van der Waals surface area contributed by atoms with E-state index in [-0.39, 0.29) is 8.11 Å². The molecule has 0 bridgehead atoms. The molecule has 2 rings (SSSR count). The summed E-state index contributed by atoms with van der Waals surface area (Å²) in [4.78, 5) is 0. The fraction of sp³-hybridized carbons (Fsp3) is 0.500. The number of allylic oxidation sites excluding steroid dienone is 1. The van der Waals surface area contributed by atoms with Gasteiger partial charge in [-0.1, -0.05) is 0 Å². The summed E-state index contributed by atoms with van der Waals surface area (Å²) in [5, 5.41) is 1.67. The average molecular weight is 427 g/mol. The Morgan fingerprint density at radius 1 is 1.26 bits per heavy atom. The number of rotatable bonds is 6. The first-order valence-corrected chi connectivity index (χ1v) is 25.9. The van der Waals surface area contributed by atoms with Crippen molar-refractivity contribution in [2.24, 2.45) is 0 Å². The summed E-state index contributed by atoms with van der Waals surface area (Å²) in [6.45, 7) is 6.99. The molecule has 0 N–H and O–H groups in total. The fourth-order valence-electron chi connectivity index (χ4n) is 3.49. The molecule has 130 valence electrons. The van der Waals surface area contributed by atoms with Crippen molar-refractivity contribution in [2.75, 3.05) is 6.61 Å². The van der Waals surface area contributed by atoms with Gasteiger partial charge in [0.05, 0.1) is 0 Å². The molecule has 0 saturated carbocycles. The van der Waals surface area contributed by atoms with Gasteiger partial charge >= 0.3 is 147 Å². The predicted molar refractivity (Wildman–Crippen MR) is 105 cm³/mol. The zero-order chi connectivity index (χ0) is 17.7. The van der Waals surface area contributed by atoms with E-state index in [0.717, 1.165) is 11.1 Å². The molecular weight excluding hydrogens is 399 g/mol. The average Bonchev–Trinajstić information content (AvgIpc) is 2.78. The summed E-state index contributed by atoms with van der Waals surface area (Å²) >= 11 is 0. The Balaban J connectivity index is 2.32. The summed E-state index contributed by atoms with van der Waals surface area (Å²) in [6.07, 6.45) is 4.56. The first kappa shape index (κ1) is 19.8. The van der Waals surface area contributed by atoms with E-state index in [1.165, 1.54) is 0 Å². The van der Waals surface area contributed by atoms with Gasteiger partial charge in [-0.05, 0) is 0 Å². The van der Waals surface area contributed by atoms with Crippen LogP contribution in [0, 0.1) is 0 Å². The van der Waals surface area contributed by atoms with E-state index >= 15 is 0 Å². The molecule has 0 heterocycles.